The molecule has 1 saturated carbocycles. The van der Waals surface area contributed by atoms with Gasteiger partial charge in [0.15, 0.2) is 0 Å². The molecule has 0 radical (unpaired) electrons. The highest BCUT2D eigenvalue weighted by molar-refractivity contribution is 5.75. The largest absolute Gasteiger partial charge is 0.461 e. The Bertz CT molecular complexity index is 386. The van der Waals surface area contributed by atoms with Gasteiger partial charge in [0.1, 0.15) is 6.10 Å². The van der Waals surface area contributed by atoms with Gasteiger partial charge < -0.3 is 4.74 Å². The lowest BCUT2D eigenvalue weighted by molar-refractivity contribution is -0.154. The Morgan fingerprint density at radius 1 is 1.35 bits per heavy atom. The van der Waals surface area contributed by atoms with Crippen molar-refractivity contribution >= 4 is 5.97 Å². The highest BCUT2D eigenvalue weighted by atomic mass is 16.6. The topological polar surface area (TPSA) is 26.3 Å². The standard InChI is InChI=1S/C15H22O2/c1-10-11-6-9-14(2)7-4-5-8-15(14,3)12(11)17-13(10)16/h5,8,10-12H,4,6-7,9H2,1-3H3/t10-,11-,12+,14+,15+/m0/s1. The molecule has 17 heavy (non-hydrogen) atoms. The Kier molecular flexibility index (Phi) is 2.24. The van der Waals surface area contributed by atoms with Crippen LogP contribution in [0.5, 0.6) is 0 Å². The number of carbonyl (C=O) groups is 1. The van der Waals surface area contributed by atoms with Crippen molar-refractivity contribution in [3.05, 3.63) is 12.2 Å². The predicted octanol–water partition coefficient (Wildman–Crippen LogP) is 3.32. The first kappa shape index (κ1) is 11.3. The Morgan fingerprint density at radius 3 is 2.88 bits per heavy atom. The number of ether oxygens (including phenoxy) is 1. The average Bonchev–Trinajstić information content (AvgIpc) is 2.58. The van der Waals surface area contributed by atoms with E-state index in [-0.39, 0.29) is 23.4 Å². The summed E-state index contributed by atoms with van der Waals surface area (Å²) in [6, 6.07) is 0. The summed E-state index contributed by atoms with van der Waals surface area (Å²) < 4.78 is 5.73. The second kappa shape index (κ2) is 3.37. The summed E-state index contributed by atoms with van der Waals surface area (Å²) in [6.07, 6.45) is 9.51. The normalized spacial score (nSPS) is 52.9. The molecule has 2 nitrogen and oxygen atoms in total. The number of allylic oxidation sites excluding steroid dienone is 1. The Hall–Kier alpha value is -0.790. The fourth-order valence-electron chi connectivity index (χ4n) is 4.24. The van der Waals surface area contributed by atoms with Gasteiger partial charge in [-0.15, -0.1) is 0 Å². The summed E-state index contributed by atoms with van der Waals surface area (Å²) in [5.41, 5.74) is 0.363. The lowest BCUT2D eigenvalue weighted by atomic mass is 9.50. The Balaban J connectivity index is 2.03. The zero-order valence-electron chi connectivity index (χ0n) is 11.0. The highest BCUT2D eigenvalue weighted by Gasteiger charge is 2.60. The van der Waals surface area contributed by atoms with E-state index in [1.165, 1.54) is 19.3 Å². The van der Waals surface area contributed by atoms with Crippen molar-refractivity contribution in [3.63, 3.8) is 0 Å². The zero-order chi connectivity index (χ0) is 12.3. The highest BCUT2D eigenvalue weighted by Crippen LogP contribution is 2.61. The van der Waals surface area contributed by atoms with E-state index in [0.717, 1.165) is 6.42 Å². The van der Waals surface area contributed by atoms with Crippen molar-refractivity contribution in [2.45, 2.75) is 52.6 Å². The van der Waals surface area contributed by atoms with E-state index in [1.807, 2.05) is 6.92 Å². The van der Waals surface area contributed by atoms with E-state index in [1.54, 1.807) is 0 Å². The van der Waals surface area contributed by atoms with Crippen molar-refractivity contribution in [1.29, 1.82) is 0 Å². The van der Waals surface area contributed by atoms with Crippen LogP contribution in [0.4, 0.5) is 0 Å². The van der Waals surface area contributed by atoms with Gasteiger partial charge in [0.05, 0.1) is 5.92 Å². The van der Waals surface area contributed by atoms with Crippen LogP contribution in [0.25, 0.3) is 0 Å². The summed E-state index contributed by atoms with van der Waals surface area (Å²) in [5.74, 6) is 0.546. The van der Waals surface area contributed by atoms with Crippen LogP contribution in [0.2, 0.25) is 0 Å². The van der Waals surface area contributed by atoms with Gasteiger partial charge in [-0.2, -0.15) is 0 Å². The van der Waals surface area contributed by atoms with Gasteiger partial charge in [-0.1, -0.05) is 32.9 Å². The van der Waals surface area contributed by atoms with Crippen molar-refractivity contribution in [2.24, 2.45) is 22.7 Å². The van der Waals surface area contributed by atoms with Crippen molar-refractivity contribution in [1.82, 2.24) is 0 Å². The molecule has 0 unspecified atom stereocenters. The number of esters is 1. The van der Waals surface area contributed by atoms with E-state index >= 15 is 0 Å². The maximum Gasteiger partial charge on any atom is 0.309 e. The molecule has 1 aliphatic heterocycles. The van der Waals surface area contributed by atoms with E-state index in [2.05, 4.69) is 26.0 Å². The third-order valence-electron chi connectivity index (χ3n) is 5.89. The number of rotatable bonds is 0. The molecule has 2 heteroatoms. The van der Waals surface area contributed by atoms with Crippen LogP contribution in [0.3, 0.4) is 0 Å². The van der Waals surface area contributed by atoms with E-state index in [4.69, 9.17) is 4.74 Å². The minimum atomic E-state index is 0.0180. The van der Waals surface area contributed by atoms with Crippen LogP contribution in [0, 0.1) is 22.7 Å². The lowest BCUT2D eigenvalue weighted by Gasteiger charge is -2.55. The van der Waals surface area contributed by atoms with Crippen LogP contribution in [0.1, 0.15) is 46.5 Å². The van der Waals surface area contributed by atoms with Gasteiger partial charge in [0.25, 0.3) is 0 Å². The van der Waals surface area contributed by atoms with Crippen molar-refractivity contribution < 1.29 is 9.53 Å². The first-order valence-corrected chi connectivity index (χ1v) is 6.86. The molecule has 0 spiro atoms. The first-order valence-electron chi connectivity index (χ1n) is 6.86. The summed E-state index contributed by atoms with van der Waals surface area (Å²) in [6.45, 7) is 6.71. The molecule has 5 atom stereocenters. The number of fused-ring (bicyclic) bond motifs is 3. The third-order valence-corrected chi connectivity index (χ3v) is 5.89. The predicted molar refractivity (Wildman–Crippen MR) is 66.4 cm³/mol. The molecule has 0 aromatic rings. The molecule has 3 aliphatic rings. The van der Waals surface area contributed by atoms with Crippen molar-refractivity contribution in [3.8, 4) is 0 Å². The second-order valence-corrected chi connectivity index (χ2v) is 6.63. The first-order chi connectivity index (χ1) is 7.98. The molecule has 94 valence electrons. The van der Waals surface area contributed by atoms with Crippen LogP contribution in [-0.2, 0) is 9.53 Å². The van der Waals surface area contributed by atoms with Gasteiger partial charge in [-0.05, 0) is 31.1 Å². The van der Waals surface area contributed by atoms with Crippen LogP contribution in [0.15, 0.2) is 12.2 Å². The molecule has 3 rings (SSSR count). The lowest BCUT2D eigenvalue weighted by Crippen LogP contribution is -2.52. The second-order valence-electron chi connectivity index (χ2n) is 6.63. The summed E-state index contributed by atoms with van der Waals surface area (Å²) in [7, 11) is 0. The fraction of sp³-hybridized carbons (Fsp3) is 0.800. The minimum Gasteiger partial charge on any atom is -0.461 e. The third kappa shape index (κ3) is 1.30. The van der Waals surface area contributed by atoms with E-state index in [0.29, 0.717) is 11.3 Å². The molecule has 0 amide bonds. The molecule has 0 bridgehead atoms. The molecule has 2 aliphatic carbocycles. The molecule has 2 fully saturated rings. The minimum absolute atomic E-state index is 0.0180. The average molecular weight is 234 g/mol. The van der Waals surface area contributed by atoms with Crippen LogP contribution in [-0.4, -0.2) is 12.1 Å². The molecular formula is C15H22O2. The molecule has 0 aromatic carbocycles. The SMILES string of the molecule is C[C@@H]1C(=O)O[C@@H]2[C@H]1CC[C@@]1(C)CCC=C[C@]21C. The maximum atomic E-state index is 11.8. The smallest absolute Gasteiger partial charge is 0.309 e. The molecular weight excluding hydrogens is 212 g/mol. The molecule has 0 N–H and O–H groups in total. The van der Waals surface area contributed by atoms with Gasteiger partial charge in [0, 0.05) is 11.3 Å². The number of hydrogen-bond donors (Lipinski definition) is 0. The fourth-order valence-corrected chi connectivity index (χ4v) is 4.24. The van der Waals surface area contributed by atoms with Gasteiger partial charge in [-0.3, -0.25) is 4.79 Å². The summed E-state index contributed by atoms with van der Waals surface area (Å²) in [5, 5.41) is 0. The van der Waals surface area contributed by atoms with E-state index < -0.39 is 0 Å². The monoisotopic (exact) mass is 234 g/mol. The quantitative estimate of drug-likeness (QED) is 0.475. The molecule has 0 aromatic heterocycles. The number of hydrogen-bond acceptors (Lipinski definition) is 2. The summed E-state index contributed by atoms with van der Waals surface area (Å²) >= 11 is 0. The zero-order valence-corrected chi connectivity index (χ0v) is 11.0. The van der Waals surface area contributed by atoms with E-state index in [9.17, 15) is 4.79 Å². The number of carbonyl (C=O) groups excluding carboxylic acids is 1. The van der Waals surface area contributed by atoms with Gasteiger partial charge in [0.2, 0.25) is 0 Å². The summed E-state index contributed by atoms with van der Waals surface area (Å²) in [4.78, 5) is 11.8. The Labute approximate surface area is 103 Å². The van der Waals surface area contributed by atoms with Gasteiger partial charge in [-0.25, -0.2) is 0 Å². The van der Waals surface area contributed by atoms with Crippen LogP contribution < -0.4 is 0 Å². The van der Waals surface area contributed by atoms with Gasteiger partial charge >= 0.3 is 5.97 Å². The maximum absolute atomic E-state index is 11.8. The molecule has 1 saturated heterocycles. The molecule has 1 heterocycles. The van der Waals surface area contributed by atoms with Crippen LogP contribution >= 0.6 is 0 Å². The van der Waals surface area contributed by atoms with Crippen molar-refractivity contribution in [2.75, 3.05) is 0 Å². The Morgan fingerprint density at radius 2 is 2.12 bits per heavy atom.